The maximum Gasteiger partial charge on any atom is 0.406 e. The van der Waals surface area contributed by atoms with Crippen molar-refractivity contribution in [3.63, 3.8) is 0 Å². The Bertz CT molecular complexity index is 741. The molecular weight excluding hydrogens is 353 g/mol. The molecule has 0 spiro atoms. The quantitative estimate of drug-likeness (QED) is 0.784. The van der Waals surface area contributed by atoms with Crippen LogP contribution in [-0.4, -0.2) is 40.9 Å². The Morgan fingerprint density at radius 3 is 2.42 bits per heavy atom. The molecule has 2 amide bonds. The number of amides is 2. The minimum absolute atomic E-state index is 0.0604. The molecule has 0 aromatic carbocycles. The van der Waals surface area contributed by atoms with Crippen LogP contribution in [0.1, 0.15) is 17.9 Å². The number of carbonyl (C=O) groups is 2. The fourth-order valence-electron chi connectivity index (χ4n) is 2.96. The predicted molar refractivity (Wildman–Crippen MR) is 82.4 cm³/mol. The van der Waals surface area contributed by atoms with Gasteiger partial charge in [0.05, 0.1) is 31.5 Å². The molecule has 3 heterocycles. The molecule has 26 heavy (non-hydrogen) atoms. The third-order valence-corrected chi connectivity index (χ3v) is 4.10. The molecule has 140 valence electrons. The van der Waals surface area contributed by atoms with Crippen LogP contribution in [0.4, 0.5) is 13.2 Å². The highest BCUT2D eigenvalue weighted by molar-refractivity contribution is 5.89. The van der Waals surface area contributed by atoms with Gasteiger partial charge in [0, 0.05) is 13.0 Å². The molecule has 0 radical (unpaired) electrons. The molecule has 9 heteroatoms. The lowest BCUT2D eigenvalue weighted by molar-refractivity contribution is -0.165. The minimum atomic E-state index is -4.54. The molecule has 1 saturated heterocycles. The van der Waals surface area contributed by atoms with Crippen molar-refractivity contribution in [3.05, 3.63) is 48.3 Å². The van der Waals surface area contributed by atoms with Gasteiger partial charge < -0.3 is 18.6 Å². The Labute approximate surface area is 147 Å². The number of hydrogen-bond donors (Lipinski definition) is 0. The second-order valence-corrected chi connectivity index (χ2v) is 6.14. The largest absolute Gasteiger partial charge is 0.467 e. The number of alkyl halides is 3. The van der Waals surface area contributed by atoms with E-state index in [1.54, 1.807) is 12.1 Å². The predicted octanol–water partition coefficient (Wildman–Crippen LogP) is 2.81. The van der Waals surface area contributed by atoms with E-state index in [0.29, 0.717) is 10.7 Å². The SMILES string of the molecule is O=C1CC(C(=O)N(Cc2ccco2)CC(F)(F)F)CN1Cc1ccco1. The highest BCUT2D eigenvalue weighted by Crippen LogP contribution is 2.26. The summed E-state index contributed by atoms with van der Waals surface area (Å²) in [6, 6.07) is 6.40. The molecule has 1 atom stereocenters. The van der Waals surface area contributed by atoms with Gasteiger partial charge in [-0.3, -0.25) is 9.59 Å². The molecule has 1 aliphatic heterocycles. The summed E-state index contributed by atoms with van der Waals surface area (Å²) in [6.07, 6.45) is -1.87. The van der Waals surface area contributed by atoms with E-state index in [2.05, 4.69) is 0 Å². The molecule has 6 nitrogen and oxygen atoms in total. The molecular formula is C17H17F3N2O4. The van der Waals surface area contributed by atoms with E-state index in [-0.39, 0.29) is 37.7 Å². The highest BCUT2D eigenvalue weighted by Gasteiger charge is 2.40. The van der Waals surface area contributed by atoms with Crippen LogP contribution in [0.5, 0.6) is 0 Å². The van der Waals surface area contributed by atoms with Crippen LogP contribution in [0, 0.1) is 5.92 Å². The van der Waals surface area contributed by atoms with Crippen LogP contribution >= 0.6 is 0 Å². The number of halogens is 3. The highest BCUT2D eigenvalue weighted by atomic mass is 19.4. The number of nitrogens with zero attached hydrogens (tertiary/aromatic N) is 2. The number of hydrogen-bond acceptors (Lipinski definition) is 4. The molecule has 2 aromatic heterocycles. The Kier molecular flexibility index (Phi) is 5.06. The fourth-order valence-corrected chi connectivity index (χ4v) is 2.96. The van der Waals surface area contributed by atoms with Crippen molar-refractivity contribution in [1.29, 1.82) is 0 Å². The van der Waals surface area contributed by atoms with Crippen LogP contribution in [0.3, 0.4) is 0 Å². The zero-order valence-electron chi connectivity index (χ0n) is 13.7. The maximum atomic E-state index is 12.9. The van der Waals surface area contributed by atoms with E-state index in [9.17, 15) is 22.8 Å². The third kappa shape index (κ3) is 4.47. The summed E-state index contributed by atoms with van der Waals surface area (Å²) in [5.74, 6) is -1.03. The number of carbonyl (C=O) groups excluding carboxylic acids is 2. The van der Waals surface area contributed by atoms with Crippen molar-refractivity contribution in [3.8, 4) is 0 Å². The van der Waals surface area contributed by atoms with Crippen LogP contribution in [-0.2, 0) is 22.7 Å². The smallest absolute Gasteiger partial charge is 0.406 e. The molecule has 1 aliphatic rings. The van der Waals surface area contributed by atoms with Gasteiger partial charge in [-0.1, -0.05) is 0 Å². The molecule has 2 aromatic rings. The van der Waals surface area contributed by atoms with Crippen LogP contribution in [0.15, 0.2) is 45.6 Å². The Hall–Kier alpha value is -2.71. The van der Waals surface area contributed by atoms with Crippen molar-refractivity contribution < 1.29 is 31.6 Å². The minimum Gasteiger partial charge on any atom is -0.467 e. The summed E-state index contributed by atoms with van der Waals surface area (Å²) in [5, 5.41) is 0. The van der Waals surface area contributed by atoms with Crippen LogP contribution < -0.4 is 0 Å². The average molecular weight is 370 g/mol. The third-order valence-electron chi connectivity index (χ3n) is 4.10. The van der Waals surface area contributed by atoms with Gasteiger partial charge in [0.2, 0.25) is 11.8 Å². The molecule has 3 rings (SSSR count). The van der Waals surface area contributed by atoms with Crippen molar-refractivity contribution in [2.45, 2.75) is 25.7 Å². The van der Waals surface area contributed by atoms with Gasteiger partial charge in [-0.2, -0.15) is 13.2 Å². The lowest BCUT2D eigenvalue weighted by atomic mass is 10.1. The Morgan fingerprint density at radius 1 is 1.19 bits per heavy atom. The van der Waals surface area contributed by atoms with Crippen molar-refractivity contribution in [1.82, 2.24) is 9.80 Å². The lowest BCUT2D eigenvalue weighted by Crippen LogP contribution is -2.42. The van der Waals surface area contributed by atoms with E-state index in [0.717, 1.165) is 0 Å². The molecule has 0 saturated carbocycles. The van der Waals surface area contributed by atoms with E-state index < -0.39 is 24.5 Å². The fraction of sp³-hybridized carbons (Fsp3) is 0.412. The normalized spacial score (nSPS) is 17.7. The second-order valence-electron chi connectivity index (χ2n) is 6.14. The first kappa shape index (κ1) is 18.1. The Morgan fingerprint density at radius 2 is 1.85 bits per heavy atom. The van der Waals surface area contributed by atoms with E-state index in [1.807, 2.05) is 0 Å². The first-order valence-corrected chi connectivity index (χ1v) is 8.00. The Balaban J connectivity index is 1.68. The lowest BCUT2D eigenvalue weighted by Gasteiger charge is -2.25. The van der Waals surface area contributed by atoms with E-state index >= 15 is 0 Å². The van der Waals surface area contributed by atoms with Gasteiger partial charge in [-0.25, -0.2) is 0 Å². The van der Waals surface area contributed by atoms with Gasteiger partial charge in [-0.15, -0.1) is 0 Å². The first-order chi connectivity index (χ1) is 12.3. The molecule has 1 fully saturated rings. The van der Waals surface area contributed by atoms with Crippen LogP contribution in [0.25, 0.3) is 0 Å². The number of rotatable bonds is 6. The summed E-state index contributed by atoms with van der Waals surface area (Å²) < 4.78 is 48.8. The maximum absolute atomic E-state index is 12.9. The topological polar surface area (TPSA) is 66.9 Å². The molecule has 0 aliphatic carbocycles. The number of likely N-dealkylation sites (tertiary alicyclic amines) is 1. The summed E-state index contributed by atoms with van der Waals surface area (Å²) in [7, 11) is 0. The summed E-state index contributed by atoms with van der Waals surface area (Å²) in [5.41, 5.74) is 0. The van der Waals surface area contributed by atoms with Gasteiger partial charge in [0.1, 0.15) is 18.1 Å². The average Bonchev–Trinajstić information content (AvgIpc) is 3.29. The zero-order chi connectivity index (χ0) is 18.7. The van der Waals surface area contributed by atoms with E-state index in [1.165, 1.54) is 29.6 Å². The molecule has 0 N–H and O–H groups in total. The van der Waals surface area contributed by atoms with E-state index in [4.69, 9.17) is 8.83 Å². The first-order valence-electron chi connectivity index (χ1n) is 8.00. The second kappa shape index (κ2) is 7.27. The number of furan rings is 2. The summed E-state index contributed by atoms with van der Waals surface area (Å²) in [4.78, 5) is 26.8. The van der Waals surface area contributed by atoms with Crippen molar-refractivity contribution in [2.24, 2.45) is 5.92 Å². The van der Waals surface area contributed by atoms with Gasteiger partial charge >= 0.3 is 6.18 Å². The zero-order valence-corrected chi connectivity index (χ0v) is 13.7. The van der Waals surface area contributed by atoms with Gasteiger partial charge in [-0.05, 0) is 24.3 Å². The molecule has 1 unspecified atom stereocenters. The van der Waals surface area contributed by atoms with Crippen molar-refractivity contribution in [2.75, 3.05) is 13.1 Å². The summed E-state index contributed by atoms with van der Waals surface area (Å²) >= 11 is 0. The standard InChI is InChI=1S/C17H17F3N2O4/c18-17(19,20)11-22(10-14-4-2-6-26-14)16(24)12-7-15(23)21(8-12)9-13-3-1-5-25-13/h1-6,12H,7-11H2. The molecule has 0 bridgehead atoms. The van der Waals surface area contributed by atoms with Crippen LogP contribution in [0.2, 0.25) is 0 Å². The summed E-state index contributed by atoms with van der Waals surface area (Å²) in [6.45, 7) is -1.44. The monoisotopic (exact) mass is 370 g/mol. The van der Waals surface area contributed by atoms with Gasteiger partial charge in [0.15, 0.2) is 0 Å². The van der Waals surface area contributed by atoms with Crippen molar-refractivity contribution >= 4 is 11.8 Å². The van der Waals surface area contributed by atoms with Gasteiger partial charge in [0.25, 0.3) is 0 Å².